The third-order valence-electron chi connectivity index (χ3n) is 6.59. The second kappa shape index (κ2) is 8.79. The fourth-order valence-electron chi connectivity index (χ4n) is 4.73. The number of hydrogen-bond acceptors (Lipinski definition) is 3. The number of para-hydroxylation sites is 1. The van der Waals surface area contributed by atoms with E-state index in [4.69, 9.17) is 4.74 Å². The van der Waals surface area contributed by atoms with E-state index < -0.39 is 0 Å². The molecule has 5 rings (SSSR count). The van der Waals surface area contributed by atoms with Gasteiger partial charge in [-0.25, -0.2) is 4.39 Å². The van der Waals surface area contributed by atoms with Gasteiger partial charge in [-0.1, -0.05) is 42.5 Å². The molecule has 0 radical (unpaired) electrons. The molecule has 1 fully saturated rings. The van der Waals surface area contributed by atoms with Crippen LogP contribution < -0.4 is 9.64 Å². The molecule has 0 unspecified atom stereocenters. The summed E-state index contributed by atoms with van der Waals surface area (Å²) in [7, 11) is 0. The van der Waals surface area contributed by atoms with Crippen LogP contribution in [0.1, 0.15) is 30.5 Å². The van der Waals surface area contributed by atoms with E-state index in [0.717, 1.165) is 59.8 Å². The maximum atomic E-state index is 13.5. The summed E-state index contributed by atoms with van der Waals surface area (Å²) >= 11 is 0. The highest BCUT2D eigenvalue weighted by atomic mass is 19.1. The number of ether oxygens (including phenoxy) is 1. The predicted octanol–water partition coefficient (Wildman–Crippen LogP) is 5.71. The molecule has 0 saturated carbocycles. The molecule has 32 heavy (non-hydrogen) atoms. The first-order chi connectivity index (χ1) is 15.6. The summed E-state index contributed by atoms with van der Waals surface area (Å²) in [6.07, 6.45) is 0. The molecule has 3 nitrogen and oxygen atoms in total. The van der Waals surface area contributed by atoms with Crippen LogP contribution in [0.25, 0.3) is 11.1 Å². The number of fused-ring (bicyclic) bond motifs is 1. The van der Waals surface area contributed by atoms with Crippen LogP contribution in [0, 0.1) is 5.82 Å². The smallest absolute Gasteiger partial charge is 0.127 e. The SMILES string of the molecule is CC(C)N1CCN(c2ccc(C3=C(c4ccc(F)cc4)COc4ccccc43)cc2)CC1. The molecule has 4 heteroatoms. The minimum Gasteiger partial charge on any atom is -0.488 e. The predicted molar refractivity (Wildman–Crippen MR) is 130 cm³/mol. The lowest BCUT2D eigenvalue weighted by Crippen LogP contribution is -2.48. The first-order valence-corrected chi connectivity index (χ1v) is 11.4. The highest BCUT2D eigenvalue weighted by Crippen LogP contribution is 2.41. The maximum absolute atomic E-state index is 13.5. The van der Waals surface area contributed by atoms with Crippen molar-refractivity contribution in [3.63, 3.8) is 0 Å². The van der Waals surface area contributed by atoms with Gasteiger partial charge >= 0.3 is 0 Å². The monoisotopic (exact) mass is 428 g/mol. The summed E-state index contributed by atoms with van der Waals surface area (Å²) in [6.45, 7) is 9.31. The molecule has 2 aliphatic rings. The zero-order chi connectivity index (χ0) is 22.1. The molecule has 0 bridgehead atoms. The van der Waals surface area contributed by atoms with Crippen LogP contribution in [0.4, 0.5) is 10.1 Å². The van der Waals surface area contributed by atoms with Crippen molar-refractivity contribution in [1.29, 1.82) is 0 Å². The highest BCUT2D eigenvalue weighted by Gasteiger charge is 2.23. The second-order valence-corrected chi connectivity index (χ2v) is 8.81. The quantitative estimate of drug-likeness (QED) is 0.530. The number of halogens is 1. The Morgan fingerprint density at radius 1 is 0.781 bits per heavy atom. The number of benzene rings is 3. The highest BCUT2D eigenvalue weighted by molar-refractivity contribution is 6.01. The molecule has 0 amide bonds. The van der Waals surface area contributed by atoms with E-state index >= 15 is 0 Å². The molecule has 3 aromatic rings. The van der Waals surface area contributed by atoms with E-state index in [9.17, 15) is 4.39 Å². The molecular weight excluding hydrogens is 399 g/mol. The summed E-state index contributed by atoms with van der Waals surface area (Å²) in [5, 5.41) is 0. The van der Waals surface area contributed by atoms with Gasteiger partial charge in [-0.15, -0.1) is 0 Å². The minimum absolute atomic E-state index is 0.227. The Morgan fingerprint density at radius 2 is 1.44 bits per heavy atom. The van der Waals surface area contributed by atoms with Crippen LogP contribution >= 0.6 is 0 Å². The fourth-order valence-corrected chi connectivity index (χ4v) is 4.73. The van der Waals surface area contributed by atoms with Crippen LogP contribution in [0.2, 0.25) is 0 Å². The Kier molecular flexibility index (Phi) is 5.71. The van der Waals surface area contributed by atoms with Gasteiger partial charge in [-0.05, 0) is 60.9 Å². The number of piperazine rings is 1. The van der Waals surface area contributed by atoms with Gasteiger partial charge in [0.15, 0.2) is 0 Å². The van der Waals surface area contributed by atoms with Gasteiger partial charge in [-0.2, -0.15) is 0 Å². The van der Waals surface area contributed by atoms with Gasteiger partial charge in [0.05, 0.1) is 0 Å². The Hall–Kier alpha value is -3.11. The summed E-state index contributed by atoms with van der Waals surface area (Å²) < 4.78 is 19.6. The van der Waals surface area contributed by atoms with Crippen LogP contribution in [-0.2, 0) is 0 Å². The van der Waals surface area contributed by atoms with Crippen molar-refractivity contribution in [3.05, 3.63) is 95.3 Å². The average Bonchev–Trinajstić information content (AvgIpc) is 2.84. The van der Waals surface area contributed by atoms with Gasteiger partial charge in [-0.3, -0.25) is 4.90 Å². The van der Waals surface area contributed by atoms with Crippen molar-refractivity contribution in [1.82, 2.24) is 4.90 Å². The molecule has 3 aromatic carbocycles. The molecule has 2 aliphatic heterocycles. The Labute approximate surface area is 189 Å². The van der Waals surface area contributed by atoms with Gasteiger partial charge in [0, 0.05) is 49.0 Å². The van der Waals surface area contributed by atoms with Gasteiger partial charge < -0.3 is 9.64 Å². The average molecular weight is 429 g/mol. The van der Waals surface area contributed by atoms with E-state index in [2.05, 4.69) is 54.0 Å². The Bertz CT molecular complexity index is 1110. The normalized spacial score (nSPS) is 16.8. The number of rotatable bonds is 4. The van der Waals surface area contributed by atoms with Crippen molar-refractivity contribution >= 4 is 16.8 Å². The van der Waals surface area contributed by atoms with E-state index in [1.807, 2.05) is 30.3 Å². The summed E-state index contributed by atoms with van der Waals surface area (Å²) in [5.74, 6) is 0.664. The van der Waals surface area contributed by atoms with E-state index in [0.29, 0.717) is 12.6 Å². The van der Waals surface area contributed by atoms with Gasteiger partial charge in [0.1, 0.15) is 18.2 Å². The molecule has 0 atom stereocenters. The molecule has 0 aromatic heterocycles. The maximum Gasteiger partial charge on any atom is 0.127 e. The van der Waals surface area contributed by atoms with E-state index in [-0.39, 0.29) is 5.82 Å². The molecule has 2 heterocycles. The molecular formula is C28H29FN2O. The van der Waals surface area contributed by atoms with E-state index in [1.165, 1.54) is 17.8 Å². The number of anilines is 1. The summed E-state index contributed by atoms with van der Waals surface area (Å²) in [6, 6.07) is 24.3. The molecule has 164 valence electrons. The number of hydrogen-bond donors (Lipinski definition) is 0. The van der Waals surface area contributed by atoms with Crippen molar-refractivity contribution in [3.8, 4) is 5.75 Å². The van der Waals surface area contributed by atoms with Crippen LogP contribution in [0.15, 0.2) is 72.8 Å². The third-order valence-corrected chi connectivity index (χ3v) is 6.59. The second-order valence-electron chi connectivity index (χ2n) is 8.81. The van der Waals surface area contributed by atoms with Crippen LogP contribution in [0.3, 0.4) is 0 Å². The van der Waals surface area contributed by atoms with Gasteiger partial charge in [0.2, 0.25) is 0 Å². The zero-order valence-corrected chi connectivity index (χ0v) is 18.7. The first kappa shape index (κ1) is 20.8. The topological polar surface area (TPSA) is 15.7 Å². The first-order valence-electron chi connectivity index (χ1n) is 11.4. The number of nitrogens with zero attached hydrogens (tertiary/aromatic N) is 2. The Morgan fingerprint density at radius 3 is 2.12 bits per heavy atom. The lowest BCUT2D eigenvalue weighted by Gasteiger charge is -2.38. The molecule has 0 aliphatic carbocycles. The fraction of sp³-hybridized carbons (Fsp3) is 0.286. The lowest BCUT2D eigenvalue weighted by atomic mass is 9.87. The lowest BCUT2D eigenvalue weighted by molar-refractivity contribution is 0.209. The molecule has 0 N–H and O–H groups in total. The molecule has 0 spiro atoms. The van der Waals surface area contributed by atoms with Crippen molar-refractivity contribution in [2.75, 3.05) is 37.7 Å². The van der Waals surface area contributed by atoms with E-state index in [1.54, 1.807) is 0 Å². The van der Waals surface area contributed by atoms with Gasteiger partial charge in [0.25, 0.3) is 0 Å². The third kappa shape index (κ3) is 4.03. The van der Waals surface area contributed by atoms with Crippen molar-refractivity contribution in [2.45, 2.75) is 19.9 Å². The van der Waals surface area contributed by atoms with Crippen molar-refractivity contribution < 1.29 is 9.13 Å². The largest absolute Gasteiger partial charge is 0.488 e. The van der Waals surface area contributed by atoms with Crippen LogP contribution in [-0.4, -0.2) is 43.7 Å². The molecule has 1 saturated heterocycles. The van der Waals surface area contributed by atoms with Crippen LogP contribution in [0.5, 0.6) is 5.75 Å². The minimum atomic E-state index is -0.227. The summed E-state index contributed by atoms with van der Waals surface area (Å²) in [4.78, 5) is 5.00. The zero-order valence-electron chi connectivity index (χ0n) is 18.7. The Balaban J connectivity index is 1.50. The summed E-state index contributed by atoms with van der Waals surface area (Å²) in [5.41, 5.74) is 6.74. The van der Waals surface area contributed by atoms with Crippen molar-refractivity contribution in [2.24, 2.45) is 0 Å². The standard InChI is InChI=1S/C28H29FN2O/c1-20(2)30-15-17-31(18-16-30)24-13-9-22(10-14-24)28-25-5-3-4-6-27(25)32-19-26(28)21-7-11-23(29)12-8-21/h3-14,20H,15-19H2,1-2H3.